The summed E-state index contributed by atoms with van der Waals surface area (Å²) in [6.45, 7) is 7.93. The number of hydrogen-bond donors (Lipinski definition) is 3. The molecular weight excluding hydrogens is 254 g/mol. The highest BCUT2D eigenvalue weighted by Crippen LogP contribution is 2.17. The maximum atomic E-state index is 11.9. The van der Waals surface area contributed by atoms with Crippen molar-refractivity contribution in [3.8, 4) is 0 Å². The van der Waals surface area contributed by atoms with Gasteiger partial charge in [-0.3, -0.25) is 4.79 Å². The Morgan fingerprint density at radius 2 is 1.80 bits per heavy atom. The van der Waals surface area contributed by atoms with E-state index in [1.54, 1.807) is 19.2 Å². The van der Waals surface area contributed by atoms with Crippen molar-refractivity contribution in [1.82, 2.24) is 10.6 Å². The van der Waals surface area contributed by atoms with Crippen LogP contribution in [0.1, 0.15) is 36.7 Å². The Morgan fingerprint density at radius 1 is 1.15 bits per heavy atom. The van der Waals surface area contributed by atoms with Crippen LogP contribution in [0.2, 0.25) is 0 Å². The molecule has 1 atom stereocenters. The summed E-state index contributed by atoms with van der Waals surface area (Å²) in [5.41, 5.74) is 2.06. The van der Waals surface area contributed by atoms with E-state index in [9.17, 15) is 9.59 Å². The van der Waals surface area contributed by atoms with Gasteiger partial charge in [0.25, 0.3) is 5.91 Å². The Bertz CT molecular complexity index is 498. The number of aryl methyl sites for hydroxylation is 1. The summed E-state index contributed by atoms with van der Waals surface area (Å²) >= 11 is 0. The molecule has 20 heavy (non-hydrogen) atoms. The van der Waals surface area contributed by atoms with Gasteiger partial charge in [-0.25, -0.2) is 4.79 Å². The Hall–Kier alpha value is -2.04. The first-order chi connectivity index (χ1) is 9.35. The summed E-state index contributed by atoms with van der Waals surface area (Å²) < 4.78 is 0. The second-order valence-electron chi connectivity index (χ2n) is 5.24. The topological polar surface area (TPSA) is 70.2 Å². The summed E-state index contributed by atoms with van der Waals surface area (Å²) in [6, 6.07) is 5.04. The number of nitrogens with one attached hydrogen (secondary N) is 3. The van der Waals surface area contributed by atoms with Crippen LogP contribution in [0.4, 0.5) is 10.5 Å². The van der Waals surface area contributed by atoms with Gasteiger partial charge in [-0.2, -0.15) is 0 Å². The molecule has 0 heterocycles. The van der Waals surface area contributed by atoms with Crippen LogP contribution in [-0.2, 0) is 0 Å². The van der Waals surface area contributed by atoms with E-state index < -0.39 is 0 Å². The van der Waals surface area contributed by atoms with E-state index in [1.165, 1.54) is 0 Å². The first-order valence-electron chi connectivity index (χ1n) is 6.75. The van der Waals surface area contributed by atoms with Crippen LogP contribution in [0.3, 0.4) is 0 Å². The normalized spacial score (nSPS) is 11.9. The molecule has 0 saturated carbocycles. The molecule has 0 aromatic heterocycles. The number of carbonyl (C=O) groups is 2. The van der Waals surface area contributed by atoms with Gasteiger partial charge in [-0.15, -0.1) is 0 Å². The van der Waals surface area contributed by atoms with Crippen LogP contribution in [0, 0.1) is 12.8 Å². The molecule has 1 rings (SSSR count). The molecule has 110 valence electrons. The molecule has 0 radical (unpaired) electrons. The minimum Gasteiger partial charge on any atom is -0.355 e. The van der Waals surface area contributed by atoms with Crippen LogP contribution in [0.15, 0.2) is 18.2 Å². The SMILES string of the molecule is CNC(=O)c1ccc(C)c(NC(=O)N[C@@H](C)C(C)C)c1. The van der Waals surface area contributed by atoms with Crippen molar-refractivity contribution in [3.05, 3.63) is 29.3 Å². The highest BCUT2D eigenvalue weighted by molar-refractivity contribution is 5.97. The first-order valence-corrected chi connectivity index (χ1v) is 6.75. The lowest BCUT2D eigenvalue weighted by Crippen LogP contribution is -2.39. The number of amides is 3. The molecule has 0 spiro atoms. The molecule has 1 aromatic rings. The molecule has 1 aromatic carbocycles. The van der Waals surface area contributed by atoms with Gasteiger partial charge in [0.2, 0.25) is 0 Å². The van der Waals surface area contributed by atoms with Crippen LogP contribution in [-0.4, -0.2) is 25.0 Å². The smallest absolute Gasteiger partial charge is 0.319 e. The van der Waals surface area contributed by atoms with Crippen LogP contribution >= 0.6 is 0 Å². The highest BCUT2D eigenvalue weighted by atomic mass is 16.2. The van der Waals surface area contributed by atoms with Gasteiger partial charge in [0.15, 0.2) is 0 Å². The number of carbonyl (C=O) groups excluding carboxylic acids is 2. The molecule has 0 aliphatic heterocycles. The summed E-state index contributed by atoms with van der Waals surface area (Å²) in [6.07, 6.45) is 0. The molecule has 5 heteroatoms. The van der Waals surface area contributed by atoms with Crippen molar-refractivity contribution in [1.29, 1.82) is 0 Å². The number of hydrogen-bond acceptors (Lipinski definition) is 2. The third-order valence-corrected chi connectivity index (χ3v) is 3.33. The van der Waals surface area contributed by atoms with Gasteiger partial charge in [0.1, 0.15) is 0 Å². The predicted octanol–water partition coefficient (Wildman–Crippen LogP) is 2.52. The Morgan fingerprint density at radius 3 is 2.35 bits per heavy atom. The molecule has 0 aliphatic rings. The predicted molar refractivity (Wildman–Crippen MR) is 81.0 cm³/mol. The Labute approximate surface area is 120 Å². The average molecular weight is 277 g/mol. The number of anilines is 1. The first kappa shape index (κ1) is 16.0. The summed E-state index contributed by atoms with van der Waals surface area (Å²) in [5.74, 6) is 0.183. The van der Waals surface area contributed by atoms with Gasteiger partial charge >= 0.3 is 6.03 Å². The van der Waals surface area contributed by atoms with Crippen LogP contribution in [0.5, 0.6) is 0 Å². The quantitative estimate of drug-likeness (QED) is 0.791. The molecule has 0 aliphatic carbocycles. The zero-order valence-electron chi connectivity index (χ0n) is 12.7. The summed E-state index contributed by atoms with van der Waals surface area (Å²) in [4.78, 5) is 23.5. The van der Waals surface area contributed by atoms with E-state index in [0.717, 1.165) is 5.56 Å². The minimum absolute atomic E-state index is 0.0810. The van der Waals surface area contributed by atoms with Gasteiger partial charge in [-0.1, -0.05) is 19.9 Å². The maximum Gasteiger partial charge on any atom is 0.319 e. The fraction of sp³-hybridized carbons (Fsp3) is 0.467. The van der Waals surface area contributed by atoms with Gasteiger partial charge < -0.3 is 16.0 Å². The van der Waals surface area contributed by atoms with Crippen molar-refractivity contribution in [2.45, 2.75) is 33.7 Å². The lowest BCUT2D eigenvalue weighted by Gasteiger charge is -2.18. The third-order valence-electron chi connectivity index (χ3n) is 3.33. The van der Waals surface area contributed by atoms with Gasteiger partial charge in [-0.05, 0) is 37.5 Å². The lowest BCUT2D eigenvalue weighted by atomic mass is 10.1. The van der Waals surface area contributed by atoms with E-state index in [1.807, 2.05) is 33.8 Å². The van der Waals surface area contributed by atoms with Crippen LogP contribution < -0.4 is 16.0 Å². The fourth-order valence-electron chi connectivity index (χ4n) is 1.57. The maximum absolute atomic E-state index is 11.9. The Balaban J connectivity index is 2.81. The molecule has 0 unspecified atom stereocenters. The van der Waals surface area contributed by atoms with Gasteiger partial charge in [0, 0.05) is 24.3 Å². The number of rotatable bonds is 4. The van der Waals surface area contributed by atoms with E-state index in [0.29, 0.717) is 17.2 Å². The zero-order chi connectivity index (χ0) is 15.3. The van der Waals surface area contributed by atoms with Gasteiger partial charge in [0.05, 0.1) is 0 Å². The molecule has 5 nitrogen and oxygen atoms in total. The Kier molecular flexibility index (Phi) is 5.55. The van der Waals surface area contributed by atoms with Crippen molar-refractivity contribution in [3.63, 3.8) is 0 Å². The molecular formula is C15H23N3O2. The molecule has 0 fully saturated rings. The molecule has 3 amide bonds. The largest absolute Gasteiger partial charge is 0.355 e. The highest BCUT2D eigenvalue weighted by Gasteiger charge is 2.12. The van der Waals surface area contributed by atoms with E-state index >= 15 is 0 Å². The second-order valence-corrected chi connectivity index (χ2v) is 5.24. The zero-order valence-corrected chi connectivity index (χ0v) is 12.7. The molecule has 0 saturated heterocycles. The fourth-order valence-corrected chi connectivity index (χ4v) is 1.57. The van der Waals surface area contributed by atoms with E-state index in [2.05, 4.69) is 16.0 Å². The molecule has 0 bridgehead atoms. The standard InChI is InChI=1S/C15H23N3O2/c1-9(2)11(4)17-15(20)18-13-8-12(14(19)16-5)7-6-10(13)3/h6-9,11H,1-5H3,(H,16,19)(H2,17,18,20)/t11-/m0/s1. The monoisotopic (exact) mass is 277 g/mol. The molecule has 3 N–H and O–H groups in total. The second kappa shape index (κ2) is 6.93. The van der Waals surface area contributed by atoms with E-state index in [4.69, 9.17) is 0 Å². The van der Waals surface area contributed by atoms with Crippen molar-refractivity contribution in [2.75, 3.05) is 12.4 Å². The average Bonchev–Trinajstić information content (AvgIpc) is 2.40. The minimum atomic E-state index is -0.261. The number of urea groups is 1. The van der Waals surface area contributed by atoms with Crippen LogP contribution in [0.25, 0.3) is 0 Å². The lowest BCUT2D eigenvalue weighted by molar-refractivity contribution is 0.0963. The van der Waals surface area contributed by atoms with Crippen molar-refractivity contribution in [2.24, 2.45) is 5.92 Å². The summed E-state index contributed by atoms with van der Waals surface area (Å²) in [5, 5.41) is 8.21. The number of benzene rings is 1. The van der Waals surface area contributed by atoms with Crippen molar-refractivity contribution >= 4 is 17.6 Å². The van der Waals surface area contributed by atoms with Crippen molar-refractivity contribution < 1.29 is 9.59 Å². The van der Waals surface area contributed by atoms with E-state index in [-0.39, 0.29) is 18.0 Å². The summed E-state index contributed by atoms with van der Waals surface area (Å²) in [7, 11) is 1.58. The third kappa shape index (κ3) is 4.26.